The van der Waals surface area contributed by atoms with E-state index >= 15 is 0 Å². The summed E-state index contributed by atoms with van der Waals surface area (Å²) in [6.07, 6.45) is 4.41. The summed E-state index contributed by atoms with van der Waals surface area (Å²) in [7, 11) is 1.89. The van der Waals surface area contributed by atoms with Crippen LogP contribution in [0.1, 0.15) is 25.7 Å². The Morgan fingerprint density at radius 1 is 1.45 bits per heavy atom. The van der Waals surface area contributed by atoms with Gasteiger partial charge in [0.15, 0.2) is 0 Å². The van der Waals surface area contributed by atoms with Crippen molar-refractivity contribution < 1.29 is 4.79 Å². The van der Waals surface area contributed by atoms with Crippen molar-refractivity contribution in [2.24, 2.45) is 11.7 Å². The lowest BCUT2D eigenvalue weighted by molar-refractivity contribution is -0.123. The van der Waals surface area contributed by atoms with Gasteiger partial charge in [-0.25, -0.2) is 0 Å². The number of amides is 1. The summed E-state index contributed by atoms with van der Waals surface area (Å²) in [4.78, 5) is 10.9. The van der Waals surface area contributed by atoms with Crippen LogP contribution in [0.25, 0.3) is 0 Å². The molecule has 0 spiro atoms. The summed E-state index contributed by atoms with van der Waals surface area (Å²) in [6, 6.07) is 0.321. The van der Waals surface area contributed by atoms with Crippen molar-refractivity contribution in [3.63, 3.8) is 0 Å². The molecule has 11 heavy (non-hydrogen) atoms. The predicted octanol–water partition coefficient (Wildman–Crippen LogP) is 0.250. The van der Waals surface area contributed by atoms with Crippen molar-refractivity contribution >= 4 is 5.91 Å². The number of nitrogens with two attached hydrogens (primary N) is 1. The first-order chi connectivity index (χ1) is 5.25. The fraction of sp³-hybridized carbons (Fsp3) is 0.875. The van der Waals surface area contributed by atoms with Crippen LogP contribution in [0, 0.1) is 5.92 Å². The van der Waals surface area contributed by atoms with E-state index in [9.17, 15) is 4.79 Å². The third-order valence-electron chi connectivity index (χ3n) is 2.50. The molecular formula is C8H16N2O. The Morgan fingerprint density at radius 2 is 2.09 bits per heavy atom. The molecule has 1 saturated carbocycles. The topological polar surface area (TPSA) is 55.1 Å². The number of carbonyl (C=O) groups is 1. The summed E-state index contributed by atoms with van der Waals surface area (Å²) in [5.41, 5.74) is 5.25. The summed E-state index contributed by atoms with van der Waals surface area (Å²) < 4.78 is 0. The van der Waals surface area contributed by atoms with Crippen LogP contribution in [-0.4, -0.2) is 19.0 Å². The number of carbonyl (C=O) groups excluding carboxylic acids is 1. The SMILES string of the molecule is CN[C@H]1CCCC[C@H]1C(N)=O. The first kappa shape index (κ1) is 8.53. The maximum Gasteiger partial charge on any atom is 0.222 e. The van der Waals surface area contributed by atoms with Crippen LogP contribution in [0.2, 0.25) is 0 Å². The Hall–Kier alpha value is -0.570. The van der Waals surface area contributed by atoms with Crippen molar-refractivity contribution in [1.29, 1.82) is 0 Å². The number of hydrogen-bond acceptors (Lipinski definition) is 2. The highest BCUT2D eigenvalue weighted by atomic mass is 16.1. The minimum absolute atomic E-state index is 0.0637. The second-order valence-electron chi connectivity index (χ2n) is 3.19. The largest absolute Gasteiger partial charge is 0.369 e. The lowest BCUT2D eigenvalue weighted by Gasteiger charge is -2.28. The fourth-order valence-electron chi connectivity index (χ4n) is 1.82. The van der Waals surface area contributed by atoms with E-state index in [1.54, 1.807) is 0 Å². The quantitative estimate of drug-likeness (QED) is 0.602. The molecule has 0 aromatic heterocycles. The monoisotopic (exact) mass is 156 g/mol. The number of nitrogens with one attached hydrogen (secondary N) is 1. The summed E-state index contributed by atoms with van der Waals surface area (Å²) >= 11 is 0. The minimum atomic E-state index is -0.149. The maximum absolute atomic E-state index is 10.9. The van der Waals surface area contributed by atoms with Gasteiger partial charge in [0.25, 0.3) is 0 Å². The lowest BCUT2D eigenvalue weighted by Crippen LogP contribution is -2.43. The molecule has 1 aliphatic carbocycles. The zero-order valence-corrected chi connectivity index (χ0v) is 6.97. The molecule has 1 fully saturated rings. The van der Waals surface area contributed by atoms with Crippen LogP contribution in [0.4, 0.5) is 0 Å². The number of primary amides is 1. The molecule has 1 amide bonds. The highest BCUT2D eigenvalue weighted by Gasteiger charge is 2.27. The lowest BCUT2D eigenvalue weighted by atomic mass is 9.84. The zero-order valence-electron chi connectivity index (χ0n) is 6.97. The molecule has 3 heteroatoms. The zero-order chi connectivity index (χ0) is 8.27. The van der Waals surface area contributed by atoms with Gasteiger partial charge in [0.1, 0.15) is 0 Å². The molecule has 0 aromatic rings. The van der Waals surface area contributed by atoms with Crippen LogP contribution >= 0.6 is 0 Å². The van der Waals surface area contributed by atoms with Gasteiger partial charge in [-0.15, -0.1) is 0 Å². The Labute approximate surface area is 67.3 Å². The molecule has 64 valence electrons. The van der Waals surface area contributed by atoms with E-state index in [2.05, 4.69) is 5.32 Å². The first-order valence-electron chi connectivity index (χ1n) is 4.22. The third-order valence-corrected chi connectivity index (χ3v) is 2.50. The normalized spacial score (nSPS) is 31.7. The van der Waals surface area contributed by atoms with E-state index in [1.165, 1.54) is 6.42 Å². The Balaban J connectivity index is 2.51. The third kappa shape index (κ3) is 1.93. The van der Waals surface area contributed by atoms with Gasteiger partial charge >= 0.3 is 0 Å². The molecule has 0 aliphatic heterocycles. The van der Waals surface area contributed by atoms with Gasteiger partial charge in [-0.3, -0.25) is 4.79 Å². The average Bonchev–Trinajstić information content (AvgIpc) is 2.04. The van der Waals surface area contributed by atoms with Gasteiger partial charge in [-0.1, -0.05) is 12.8 Å². The Kier molecular flexibility index (Phi) is 2.88. The van der Waals surface area contributed by atoms with Crippen LogP contribution in [-0.2, 0) is 4.79 Å². The second kappa shape index (κ2) is 3.72. The molecule has 2 atom stereocenters. The average molecular weight is 156 g/mol. The summed E-state index contributed by atoms with van der Waals surface area (Å²) in [6.45, 7) is 0. The van der Waals surface area contributed by atoms with Crippen molar-refractivity contribution in [3.05, 3.63) is 0 Å². The smallest absolute Gasteiger partial charge is 0.222 e. The molecule has 0 saturated heterocycles. The van der Waals surface area contributed by atoms with Crippen LogP contribution in [0.3, 0.4) is 0 Å². The highest BCUT2D eigenvalue weighted by Crippen LogP contribution is 2.23. The molecule has 0 radical (unpaired) electrons. The van der Waals surface area contributed by atoms with E-state index in [-0.39, 0.29) is 11.8 Å². The van der Waals surface area contributed by atoms with E-state index in [1.807, 2.05) is 7.05 Å². The molecule has 0 bridgehead atoms. The Morgan fingerprint density at radius 3 is 2.55 bits per heavy atom. The molecule has 3 N–H and O–H groups in total. The van der Waals surface area contributed by atoms with E-state index in [0.29, 0.717) is 6.04 Å². The number of rotatable bonds is 2. The number of hydrogen-bond donors (Lipinski definition) is 2. The van der Waals surface area contributed by atoms with Gasteiger partial charge in [0.2, 0.25) is 5.91 Å². The first-order valence-corrected chi connectivity index (χ1v) is 4.22. The van der Waals surface area contributed by atoms with Gasteiger partial charge in [-0.2, -0.15) is 0 Å². The van der Waals surface area contributed by atoms with Gasteiger partial charge in [-0.05, 0) is 19.9 Å². The van der Waals surface area contributed by atoms with E-state index in [4.69, 9.17) is 5.73 Å². The maximum atomic E-state index is 10.9. The molecule has 0 heterocycles. The summed E-state index contributed by atoms with van der Waals surface area (Å²) in [5, 5.41) is 3.13. The van der Waals surface area contributed by atoms with Crippen molar-refractivity contribution in [2.75, 3.05) is 7.05 Å². The molecule has 1 aliphatic rings. The Bertz CT molecular complexity index is 147. The summed E-state index contributed by atoms with van der Waals surface area (Å²) in [5.74, 6) is -0.0854. The molecule has 3 nitrogen and oxygen atoms in total. The van der Waals surface area contributed by atoms with Gasteiger partial charge in [0.05, 0.1) is 5.92 Å². The molecule has 0 unspecified atom stereocenters. The molecular weight excluding hydrogens is 140 g/mol. The fourth-order valence-corrected chi connectivity index (χ4v) is 1.82. The van der Waals surface area contributed by atoms with Crippen molar-refractivity contribution in [1.82, 2.24) is 5.32 Å². The van der Waals surface area contributed by atoms with Crippen LogP contribution in [0.15, 0.2) is 0 Å². The second-order valence-corrected chi connectivity index (χ2v) is 3.19. The highest BCUT2D eigenvalue weighted by molar-refractivity contribution is 5.77. The minimum Gasteiger partial charge on any atom is -0.369 e. The van der Waals surface area contributed by atoms with Crippen molar-refractivity contribution in [3.8, 4) is 0 Å². The predicted molar refractivity (Wildman–Crippen MR) is 44.0 cm³/mol. The van der Waals surface area contributed by atoms with Gasteiger partial charge < -0.3 is 11.1 Å². The van der Waals surface area contributed by atoms with Gasteiger partial charge in [0, 0.05) is 6.04 Å². The van der Waals surface area contributed by atoms with Crippen LogP contribution in [0.5, 0.6) is 0 Å². The van der Waals surface area contributed by atoms with E-state index < -0.39 is 0 Å². The standard InChI is InChI=1S/C8H16N2O/c1-10-7-5-3-2-4-6(7)8(9)11/h6-7,10H,2-5H2,1H3,(H2,9,11)/t6-,7+/m1/s1. The van der Waals surface area contributed by atoms with Crippen LogP contribution < -0.4 is 11.1 Å². The van der Waals surface area contributed by atoms with Crippen molar-refractivity contribution in [2.45, 2.75) is 31.7 Å². The van der Waals surface area contributed by atoms with E-state index in [0.717, 1.165) is 19.3 Å². The molecule has 1 rings (SSSR count). The molecule has 0 aromatic carbocycles.